The number of nitrogens with one attached hydrogen (secondary N) is 3. The van der Waals surface area contributed by atoms with Gasteiger partial charge in [-0.15, -0.1) is 22.7 Å². The second-order valence-electron chi connectivity index (χ2n) is 6.08. The van der Waals surface area contributed by atoms with Crippen molar-refractivity contribution in [3.8, 4) is 0 Å². The van der Waals surface area contributed by atoms with Gasteiger partial charge in [-0.05, 0) is 36.1 Å². The quantitative estimate of drug-likeness (QED) is 0.486. The Balaban J connectivity index is 1.50. The van der Waals surface area contributed by atoms with Crippen molar-refractivity contribution in [1.29, 1.82) is 0 Å². The second kappa shape index (κ2) is 9.16. The Kier molecular flexibility index (Phi) is 6.62. The Bertz CT molecular complexity index is 1110. The van der Waals surface area contributed by atoms with Crippen molar-refractivity contribution in [2.24, 2.45) is 0 Å². The normalized spacial score (nSPS) is 11.1. The molecule has 0 atom stereocenters. The van der Waals surface area contributed by atoms with Crippen molar-refractivity contribution < 1.29 is 18.0 Å². The molecule has 0 aliphatic heterocycles. The molecule has 0 unspecified atom stereocenters. The number of anilines is 3. The van der Waals surface area contributed by atoms with E-state index in [0.29, 0.717) is 33.5 Å². The predicted molar refractivity (Wildman–Crippen MR) is 116 cm³/mol. The topological polar surface area (TPSA) is 117 Å². The summed E-state index contributed by atoms with van der Waals surface area (Å²) < 4.78 is 25.0. The Morgan fingerprint density at radius 2 is 1.86 bits per heavy atom. The van der Waals surface area contributed by atoms with E-state index in [1.54, 1.807) is 41.8 Å². The number of thiophene rings is 1. The van der Waals surface area contributed by atoms with Gasteiger partial charge in [0.1, 0.15) is 0 Å². The van der Waals surface area contributed by atoms with E-state index in [9.17, 15) is 18.0 Å². The summed E-state index contributed by atoms with van der Waals surface area (Å²) in [4.78, 5) is 29.1. The smallest absolute Gasteiger partial charge is 0.267 e. The van der Waals surface area contributed by atoms with Gasteiger partial charge < -0.3 is 5.32 Å². The van der Waals surface area contributed by atoms with E-state index in [0.717, 1.165) is 6.26 Å². The van der Waals surface area contributed by atoms with Gasteiger partial charge in [0.15, 0.2) is 5.13 Å². The standard InChI is InChI=1S/C18H18N4O4S3/c1-29(25,26)22-13-5-2-4-12(10-13)19-16(23)8-7-14-11-28-18(20-14)21-17(24)15-6-3-9-27-15/h2-6,9-11,22H,7-8H2,1H3,(H,19,23)(H,20,21,24). The fraction of sp³-hybridized carbons (Fsp3) is 0.167. The number of thiazole rings is 1. The van der Waals surface area contributed by atoms with E-state index in [-0.39, 0.29) is 18.2 Å². The number of carbonyl (C=O) groups is 2. The zero-order chi connectivity index (χ0) is 20.9. The highest BCUT2D eigenvalue weighted by molar-refractivity contribution is 7.92. The van der Waals surface area contributed by atoms with E-state index in [1.165, 1.54) is 22.7 Å². The first-order chi connectivity index (χ1) is 13.8. The third-order valence-electron chi connectivity index (χ3n) is 3.57. The second-order valence-corrected chi connectivity index (χ2v) is 9.63. The van der Waals surface area contributed by atoms with Crippen LogP contribution in [0.15, 0.2) is 47.2 Å². The van der Waals surface area contributed by atoms with Crippen molar-refractivity contribution in [1.82, 2.24) is 4.98 Å². The highest BCUT2D eigenvalue weighted by Gasteiger charge is 2.11. The maximum Gasteiger partial charge on any atom is 0.267 e. The zero-order valence-corrected chi connectivity index (χ0v) is 17.8. The SMILES string of the molecule is CS(=O)(=O)Nc1cccc(NC(=O)CCc2csc(NC(=O)c3cccs3)n2)c1. The van der Waals surface area contributed by atoms with Gasteiger partial charge in [0.25, 0.3) is 5.91 Å². The van der Waals surface area contributed by atoms with Crippen LogP contribution in [0.2, 0.25) is 0 Å². The lowest BCUT2D eigenvalue weighted by Gasteiger charge is -2.08. The van der Waals surface area contributed by atoms with Crippen molar-refractivity contribution in [2.75, 3.05) is 21.6 Å². The first-order valence-corrected chi connectivity index (χ1v) is 12.1. The Morgan fingerprint density at radius 3 is 2.59 bits per heavy atom. The van der Waals surface area contributed by atoms with Crippen LogP contribution in [-0.4, -0.2) is 31.5 Å². The monoisotopic (exact) mass is 450 g/mol. The number of hydrogen-bond donors (Lipinski definition) is 3. The Labute approximate surface area is 176 Å². The molecule has 0 saturated carbocycles. The minimum Gasteiger partial charge on any atom is -0.326 e. The summed E-state index contributed by atoms with van der Waals surface area (Å²) >= 11 is 2.65. The van der Waals surface area contributed by atoms with E-state index >= 15 is 0 Å². The lowest BCUT2D eigenvalue weighted by molar-refractivity contribution is -0.116. The minimum absolute atomic E-state index is 0.200. The van der Waals surface area contributed by atoms with Gasteiger partial charge >= 0.3 is 0 Å². The molecular formula is C18H18N4O4S3. The van der Waals surface area contributed by atoms with Gasteiger partial charge in [0, 0.05) is 17.5 Å². The number of benzene rings is 1. The average molecular weight is 451 g/mol. The maximum absolute atomic E-state index is 12.2. The molecule has 0 aliphatic carbocycles. The summed E-state index contributed by atoms with van der Waals surface area (Å²) in [5.74, 6) is -0.431. The van der Waals surface area contributed by atoms with Crippen LogP contribution in [0.4, 0.5) is 16.5 Å². The molecule has 1 aromatic carbocycles. The van der Waals surface area contributed by atoms with Crippen LogP contribution in [0.3, 0.4) is 0 Å². The number of nitrogens with zero attached hydrogens (tertiary/aromatic N) is 1. The highest BCUT2D eigenvalue weighted by atomic mass is 32.2. The molecule has 0 radical (unpaired) electrons. The number of sulfonamides is 1. The van der Waals surface area contributed by atoms with Gasteiger partial charge in [-0.2, -0.15) is 0 Å². The number of aryl methyl sites for hydroxylation is 1. The van der Waals surface area contributed by atoms with Gasteiger partial charge in [0.05, 0.1) is 22.5 Å². The molecule has 152 valence electrons. The van der Waals surface area contributed by atoms with Crippen molar-refractivity contribution in [3.63, 3.8) is 0 Å². The molecule has 0 fully saturated rings. The molecule has 3 rings (SSSR count). The Hall–Kier alpha value is -2.76. The molecular weight excluding hydrogens is 432 g/mol. The van der Waals surface area contributed by atoms with E-state index in [4.69, 9.17) is 0 Å². The predicted octanol–water partition coefficient (Wildman–Crippen LogP) is 3.40. The number of carbonyl (C=O) groups excluding carboxylic acids is 2. The molecule has 2 aromatic heterocycles. The summed E-state index contributed by atoms with van der Waals surface area (Å²) in [6, 6.07) is 9.99. The molecule has 0 saturated heterocycles. The molecule has 3 aromatic rings. The molecule has 2 amide bonds. The van der Waals surface area contributed by atoms with Crippen LogP contribution in [0.5, 0.6) is 0 Å². The van der Waals surface area contributed by atoms with Crippen LogP contribution in [0.25, 0.3) is 0 Å². The van der Waals surface area contributed by atoms with Crippen LogP contribution in [-0.2, 0) is 21.2 Å². The third-order valence-corrected chi connectivity index (χ3v) is 5.86. The number of rotatable bonds is 8. The van der Waals surface area contributed by atoms with Gasteiger partial charge in [-0.25, -0.2) is 13.4 Å². The molecule has 29 heavy (non-hydrogen) atoms. The van der Waals surface area contributed by atoms with Gasteiger partial charge in [-0.3, -0.25) is 19.6 Å². The molecule has 0 bridgehead atoms. The summed E-state index contributed by atoms with van der Waals surface area (Å²) in [6.45, 7) is 0. The van der Waals surface area contributed by atoms with Crippen LogP contribution in [0.1, 0.15) is 21.8 Å². The summed E-state index contributed by atoms with van der Waals surface area (Å²) in [7, 11) is -3.39. The summed E-state index contributed by atoms with van der Waals surface area (Å²) in [6.07, 6.45) is 1.67. The van der Waals surface area contributed by atoms with Crippen LogP contribution < -0.4 is 15.4 Å². The minimum atomic E-state index is -3.39. The lowest BCUT2D eigenvalue weighted by atomic mass is 10.2. The number of aromatic nitrogens is 1. The highest BCUT2D eigenvalue weighted by Crippen LogP contribution is 2.20. The first kappa shape index (κ1) is 21.0. The number of hydrogen-bond acceptors (Lipinski definition) is 7. The van der Waals surface area contributed by atoms with Crippen LogP contribution >= 0.6 is 22.7 Å². The molecule has 3 N–H and O–H groups in total. The van der Waals surface area contributed by atoms with E-state index in [1.807, 2.05) is 5.38 Å². The van der Waals surface area contributed by atoms with Gasteiger partial charge in [0.2, 0.25) is 15.9 Å². The van der Waals surface area contributed by atoms with Crippen molar-refractivity contribution >= 4 is 61.0 Å². The fourth-order valence-corrected chi connectivity index (χ4v) is 4.30. The van der Waals surface area contributed by atoms with Gasteiger partial charge in [-0.1, -0.05) is 12.1 Å². The average Bonchev–Trinajstić information content (AvgIpc) is 3.31. The largest absolute Gasteiger partial charge is 0.326 e. The lowest BCUT2D eigenvalue weighted by Crippen LogP contribution is -2.13. The zero-order valence-electron chi connectivity index (χ0n) is 15.3. The summed E-state index contributed by atoms with van der Waals surface area (Å²) in [5, 5.41) is 9.58. The number of amides is 2. The van der Waals surface area contributed by atoms with E-state index < -0.39 is 10.0 Å². The van der Waals surface area contributed by atoms with Crippen molar-refractivity contribution in [2.45, 2.75) is 12.8 Å². The first-order valence-electron chi connectivity index (χ1n) is 8.45. The third kappa shape index (κ3) is 6.66. The Morgan fingerprint density at radius 1 is 1.07 bits per heavy atom. The molecule has 8 nitrogen and oxygen atoms in total. The molecule has 11 heteroatoms. The molecule has 0 spiro atoms. The molecule has 2 heterocycles. The van der Waals surface area contributed by atoms with E-state index in [2.05, 4.69) is 20.3 Å². The van der Waals surface area contributed by atoms with Crippen molar-refractivity contribution in [3.05, 3.63) is 57.7 Å². The summed E-state index contributed by atoms with van der Waals surface area (Å²) in [5.41, 5.74) is 1.57. The van der Waals surface area contributed by atoms with Crippen LogP contribution in [0, 0.1) is 0 Å². The molecule has 0 aliphatic rings. The fourth-order valence-electron chi connectivity index (χ4n) is 2.39. The maximum atomic E-state index is 12.2.